The SMILES string of the molecule is CCc1c(NN)ncnc1N(C)C1CCCCCC1. The molecule has 0 aromatic carbocycles. The van der Waals surface area contributed by atoms with Crippen LogP contribution in [0.25, 0.3) is 0 Å². The molecule has 5 nitrogen and oxygen atoms in total. The minimum atomic E-state index is 0.591. The van der Waals surface area contributed by atoms with Crippen LogP contribution in [0.15, 0.2) is 6.33 Å². The van der Waals surface area contributed by atoms with Crippen molar-refractivity contribution in [3.8, 4) is 0 Å². The highest BCUT2D eigenvalue weighted by Gasteiger charge is 2.21. The lowest BCUT2D eigenvalue weighted by molar-refractivity contribution is 0.547. The van der Waals surface area contributed by atoms with Crippen LogP contribution in [0.4, 0.5) is 11.6 Å². The van der Waals surface area contributed by atoms with Gasteiger partial charge < -0.3 is 10.3 Å². The number of hydrogen-bond donors (Lipinski definition) is 2. The summed E-state index contributed by atoms with van der Waals surface area (Å²) in [5, 5.41) is 0. The summed E-state index contributed by atoms with van der Waals surface area (Å²) in [5.74, 6) is 7.31. The molecule has 0 atom stereocenters. The van der Waals surface area contributed by atoms with Crippen LogP contribution in [-0.2, 0) is 6.42 Å². The predicted molar refractivity (Wildman–Crippen MR) is 79.1 cm³/mol. The van der Waals surface area contributed by atoms with Crippen LogP contribution in [0.1, 0.15) is 51.0 Å². The Balaban J connectivity index is 2.24. The largest absolute Gasteiger partial charge is 0.356 e. The third-order valence-electron chi connectivity index (χ3n) is 4.12. The zero-order valence-electron chi connectivity index (χ0n) is 12.0. The number of nitrogens with one attached hydrogen (secondary N) is 1. The molecule has 1 saturated carbocycles. The van der Waals surface area contributed by atoms with Gasteiger partial charge in [-0.2, -0.15) is 0 Å². The van der Waals surface area contributed by atoms with E-state index in [-0.39, 0.29) is 0 Å². The van der Waals surface area contributed by atoms with E-state index in [1.807, 2.05) is 0 Å². The Morgan fingerprint density at radius 1 is 1.26 bits per heavy atom. The van der Waals surface area contributed by atoms with Crippen molar-refractivity contribution in [2.24, 2.45) is 5.84 Å². The monoisotopic (exact) mass is 263 g/mol. The molecule has 0 spiro atoms. The Labute approximate surface area is 115 Å². The van der Waals surface area contributed by atoms with E-state index >= 15 is 0 Å². The molecular weight excluding hydrogens is 238 g/mol. The van der Waals surface area contributed by atoms with Crippen LogP contribution in [-0.4, -0.2) is 23.1 Å². The summed E-state index contributed by atoms with van der Waals surface area (Å²) in [6, 6.07) is 0.591. The minimum Gasteiger partial charge on any atom is -0.356 e. The Kier molecular flexibility index (Phi) is 4.96. The van der Waals surface area contributed by atoms with E-state index in [0.717, 1.165) is 23.6 Å². The Morgan fingerprint density at radius 2 is 1.95 bits per heavy atom. The average Bonchev–Trinajstić information content (AvgIpc) is 2.74. The molecule has 2 rings (SSSR count). The smallest absolute Gasteiger partial charge is 0.148 e. The molecule has 0 saturated heterocycles. The molecule has 19 heavy (non-hydrogen) atoms. The number of rotatable bonds is 4. The fourth-order valence-electron chi connectivity index (χ4n) is 2.97. The van der Waals surface area contributed by atoms with Crippen molar-refractivity contribution in [3.05, 3.63) is 11.9 Å². The molecule has 0 unspecified atom stereocenters. The lowest BCUT2D eigenvalue weighted by Crippen LogP contribution is -2.33. The standard InChI is InChI=1S/C14H25N5/c1-3-12-13(18-15)16-10-17-14(12)19(2)11-8-6-4-5-7-9-11/h10-11H,3-9,15H2,1-2H3,(H,16,17,18). The highest BCUT2D eigenvalue weighted by molar-refractivity contribution is 5.58. The number of nitrogens with two attached hydrogens (primary N) is 1. The summed E-state index contributed by atoms with van der Waals surface area (Å²) in [4.78, 5) is 11.0. The summed E-state index contributed by atoms with van der Waals surface area (Å²) in [7, 11) is 2.15. The molecule has 0 bridgehead atoms. The van der Waals surface area contributed by atoms with Gasteiger partial charge in [-0.05, 0) is 19.3 Å². The van der Waals surface area contributed by atoms with Gasteiger partial charge in [0.1, 0.15) is 18.0 Å². The van der Waals surface area contributed by atoms with Gasteiger partial charge in [-0.1, -0.05) is 32.6 Å². The molecule has 0 amide bonds. The number of nitrogen functional groups attached to an aromatic ring is 1. The van der Waals surface area contributed by atoms with Crippen molar-refractivity contribution in [2.75, 3.05) is 17.4 Å². The topological polar surface area (TPSA) is 67.1 Å². The molecule has 0 radical (unpaired) electrons. The Hall–Kier alpha value is -1.36. The predicted octanol–water partition coefficient (Wildman–Crippen LogP) is 2.48. The van der Waals surface area contributed by atoms with Gasteiger partial charge in [0.2, 0.25) is 0 Å². The van der Waals surface area contributed by atoms with E-state index in [1.54, 1.807) is 6.33 Å². The van der Waals surface area contributed by atoms with Crippen molar-refractivity contribution < 1.29 is 0 Å². The Bertz CT molecular complexity index is 399. The van der Waals surface area contributed by atoms with Gasteiger partial charge in [0, 0.05) is 18.7 Å². The first kappa shape index (κ1) is 14.1. The van der Waals surface area contributed by atoms with Gasteiger partial charge in [-0.25, -0.2) is 15.8 Å². The van der Waals surface area contributed by atoms with E-state index in [0.29, 0.717) is 6.04 Å². The van der Waals surface area contributed by atoms with Gasteiger partial charge in [0.05, 0.1) is 0 Å². The van der Waals surface area contributed by atoms with E-state index < -0.39 is 0 Å². The van der Waals surface area contributed by atoms with E-state index in [2.05, 4.69) is 34.3 Å². The van der Waals surface area contributed by atoms with Crippen molar-refractivity contribution in [2.45, 2.75) is 57.9 Å². The van der Waals surface area contributed by atoms with Crippen LogP contribution in [0, 0.1) is 0 Å². The van der Waals surface area contributed by atoms with Crippen LogP contribution < -0.4 is 16.2 Å². The van der Waals surface area contributed by atoms with Gasteiger partial charge in [0.25, 0.3) is 0 Å². The van der Waals surface area contributed by atoms with Crippen LogP contribution in [0.5, 0.6) is 0 Å². The van der Waals surface area contributed by atoms with E-state index in [9.17, 15) is 0 Å². The average molecular weight is 263 g/mol. The van der Waals surface area contributed by atoms with Crippen LogP contribution in [0.2, 0.25) is 0 Å². The van der Waals surface area contributed by atoms with E-state index in [1.165, 1.54) is 38.5 Å². The highest BCUT2D eigenvalue weighted by Crippen LogP contribution is 2.28. The van der Waals surface area contributed by atoms with Crippen molar-refractivity contribution >= 4 is 11.6 Å². The lowest BCUT2D eigenvalue weighted by atomic mass is 10.1. The second-order valence-electron chi connectivity index (χ2n) is 5.28. The zero-order chi connectivity index (χ0) is 13.7. The van der Waals surface area contributed by atoms with Crippen molar-refractivity contribution in [3.63, 3.8) is 0 Å². The maximum absolute atomic E-state index is 5.54. The number of aromatic nitrogens is 2. The van der Waals surface area contributed by atoms with Gasteiger partial charge >= 0.3 is 0 Å². The molecule has 1 fully saturated rings. The molecule has 1 aliphatic rings. The third-order valence-corrected chi connectivity index (χ3v) is 4.12. The highest BCUT2D eigenvalue weighted by atomic mass is 15.3. The summed E-state index contributed by atoms with van der Waals surface area (Å²) in [6.07, 6.45) is 10.4. The molecule has 1 aromatic heterocycles. The first-order valence-electron chi connectivity index (χ1n) is 7.31. The summed E-state index contributed by atoms with van der Waals surface area (Å²) < 4.78 is 0. The molecule has 3 N–H and O–H groups in total. The Morgan fingerprint density at radius 3 is 2.53 bits per heavy atom. The first-order chi connectivity index (χ1) is 9.27. The van der Waals surface area contributed by atoms with Gasteiger partial charge in [0.15, 0.2) is 0 Å². The molecule has 1 aromatic rings. The second-order valence-corrected chi connectivity index (χ2v) is 5.28. The fourth-order valence-corrected chi connectivity index (χ4v) is 2.97. The van der Waals surface area contributed by atoms with Crippen LogP contribution in [0.3, 0.4) is 0 Å². The zero-order valence-corrected chi connectivity index (χ0v) is 12.0. The number of anilines is 2. The molecule has 1 heterocycles. The lowest BCUT2D eigenvalue weighted by Gasteiger charge is -2.30. The molecular formula is C14H25N5. The number of hydrogen-bond acceptors (Lipinski definition) is 5. The first-order valence-corrected chi connectivity index (χ1v) is 7.31. The maximum atomic E-state index is 5.54. The second kappa shape index (κ2) is 6.70. The van der Waals surface area contributed by atoms with Crippen molar-refractivity contribution in [1.29, 1.82) is 0 Å². The molecule has 106 valence electrons. The molecule has 1 aliphatic carbocycles. The summed E-state index contributed by atoms with van der Waals surface area (Å²) in [5.41, 5.74) is 3.79. The quantitative estimate of drug-likeness (QED) is 0.496. The van der Waals surface area contributed by atoms with Gasteiger partial charge in [-0.15, -0.1) is 0 Å². The van der Waals surface area contributed by atoms with Crippen LogP contribution >= 0.6 is 0 Å². The normalized spacial score (nSPS) is 17.0. The minimum absolute atomic E-state index is 0.591. The molecule has 0 aliphatic heterocycles. The van der Waals surface area contributed by atoms with Gasteiger partial charge in [-0.3, -0.25) is 0 Å². The van der Waals surface area contributed by atoms with Crippen molar-refractivity contribution in [1.82, 2.24) is 9.97 Å². The third kappa shape index (κ3) is 3.15. The summed E-state index contributed by atoms with van der Waals surface area (Å²) in [6.45, 7) is 2.12. The number of nitrogens with zero attached hydrogens (tertiary/aromatic N) is 3. The fraction of sp³-hybridized carbons (Fsp3) is 0.714. The molecule has 5 heteroatoms. The van der Waals surface area contributed by atoms with E-state index in [4.69, 9.17) is 5.84 Å². The maximum Gasteiger partial charge on any atom is 0.148 e. The summed E-state index contributed by atoms with van der Waals surface area (Å²) >= 11 is 0. The number of hydrazine groups is 1.